The quantitative estimate of drug-likeness (QED) is 0.812. The molecule has 0 aliphatic heterocycles. The molecule has 1 aromatic carbocycles. The summed E-state index contributed by atoms with van der Waals surface area (Å²) in [6, 6.07) is 6.93. The second-order valence-corrected chi connectivity index (χ2v) is 6.31. The molecule has 0 saturated heterocycles. The van der Waals surface area contributed by atoms with Gasteiger partial charge in [-0.2, -0.15) is 0 Å². The zero-order chi connectivity index (χ0) is 12.9. The molecule has 1 rings (SSSR count). The molecular weight excluding hydrogens is 258 g/mol. The summed E-state index contributed by atoms with van der Waals surface area (Å²) in [6.45, 7) is 4.14. The van der Waals surface area contributed by atoms with Crippen molar-refractivity contribution in [3.05, 3.63) is 29.8 Å². The number of hydrogen-bond donors (Lipinski definition) is 1. The molecule has 5 heteroatoms. The lowest BCUT2D eigenvalue weighted by Crippen LogP contribution is -2.26. The van der Waals surface area contributed by atoms with E-state index in [2.05, 4.69) is 4.72 Å². The molecule has 0 amide bonds. The van der Waals surface area contributed by atoms with Crippen LogP contribution in [-0.2, 0) is 10.0 Å². The van der Waals surface area contributed by atoms with Crippen LogP contribution in [-0.4, -0.2) is 20.3 Å². The van der Waals surface area contributed by atoms with Crippen LogP contribution >= 0.6 is 11.6 Å². The largest absolute Gasteiger partial charge is 0.240 e. The first-order chi connectivity index (χ1) is 7.97. The zero-order valence-electron chi connectivity index (χ0n) is 10.1. The molecule has 1 N–H and O–H groups in total. The topological polar surface area (TPSA) is 46.2 Å². The third kappa shape index (κ3) is 4.30. The molecule has 0 spiro atoms. The maximum absolute atomic E-state index is 12.0. The molecule has 0 aliphatic carbocycles. The maximum atomic E-state index is 12.0. The number of nitrogens with one attached hydrogen (secondary N) is 1. The summed E-state index contributed by atoms with van der Waals surface area (Å²) in [6.07, 6.45) is 1.48. The summed E-state index contributed by atoms with van der Waals surface area (Å²) in [7, 11) is -3.40. The number of hydrogen-bond acceptors (Lipinski definition) is 2. The van der Waals surface area contributed by atoms with Gasteiger partial charge in [-0.05, 0) is 31.4 Å². The van der Waals surface area contributed by atoms with E-state index in [0.29, 0.717) is 17.9 Å². The van der Waals surface area contributed by atoms with Gasteiger partial charge in [-0.3, -0.25) is 0 Å². The zero-order valence-corrected chi connectivity index (χ0v) is 11.7. The molecular formula is C12H18ClNO2S. The molecule has 3 nitrogen and oxygen atoms in total. The van der Waals surface area contributed by atoms with Gasteiger partial charge >= 0.3 is 0 Å². The lowest BCUT2D eigenvalue weighted by atomic mass is 10.2. The summed E-state index contributed by atoms with van der Waals surface area (Å²) in [5.74, 6) is 0. The van der Waals surface area contributed by atoms with Gasteiger partial charge in [-0.25, -0.2) is 13.1 Å². The van der Waals surface area contributed by atoms with Crippen molar-refractivity contribution in [1.29, 1.82) is 0 Å². The molecule has 0 radical (unpaired) electrons. The second-order valence-electron chi connectivity index (χ2n) is 3.96. The Morgan fingerprint density at radius 2 is 2.00 bits per heavy atom. The van der Waals surface area contributed by atoms with Gasteiger partial charge in [0.1, 0.15) is 0 Å². The first-order valence-electron chi connectivity index (χ1n) is 5.66. The van der Waals surface area contributed by atoms with Crippen molar-refractivity contribution in [2.45, 2.75) is 37.0 Å². The molecule has 0 fully saturated rings. The van der Waals surface area contributed by atoms with Crippen molar-refractivity contribution < 1.29 is 8.42 Å². The van der Waals surface area contributed by atoms with Crippen molar-refractivity contribution >= 4 is 21.6 Å². The number of rotatable bonds is 6. The van der Waals surface area contributed by atoms with E-state index >= 15 is 0 Å². The number of alkyl halides is 1. The van der Waals surface area contributed by atoms with Crippen LogP contribution < -0.4 is 4.72 Å². The Morgan fingerprint density at radius 1 is 1.35 bits per heavy atom. The van der Waals surface area contributed by atoms with Gasteiger partial charge in [0.15, 0.2) is 0 Å². The normalized spacial score (nSPS) is 13.6. The predicted octanol–water partition coefficient (Wildman–Crippen LogP) is 2.68. The van der Waals surface area contributed by atoms with Crippen molar-refractivity contribution in [2.24, 2.45) is 0 Å². The minimum atomic E-state index is -3.40. The highest BCUT2D eigenvalue weighted by atomic mass is 35.5. The molecule has 0 bridgehead atoms. The van der Waals surface area contributed by atoms with E-state index in [4.69, 9.17) is 11.6 Å². The highest BCUT2D eigenvalue weighted by molar-refractivity contribution is 7.89. The number of sulfonamides is 1. The lowest BCUT2D eigenvalue weighted by molar-refractivity contribution is 0.576. The molecule has 1 aromatic rings. The van der Waals surface area contributed by atoms with Crippen LogP contribution in [0, 0.1) is 6.92 Å². The lowest BCUT2D eigenvalue weighted by Gasteiger charge is -2.10. The second kappa shape index (κ2) is 6.38. The molecule has 0 aromatic heterocycles. The standard InChI is InChI=1S/C12H18ClNO2S/c1-3-11(13)8-9-14-17(15,16)12-7-5-4-6-10(12)2/h4-7,11,14H,3,8-9H2,1-2H3. The van der Waals surface area contributed by atoms with Crippen LogP contribution in [0.2, 0.25) is 0 Å². The number of halogens is 1. The Labute approximate surface area is 108 Å². The molecule has 17 heavy (non-hydrogen) atoms. The van der Waals surface area contributed by atoms with Gasteiger partial charge in [0, 0.05) is 11.9 Å². The maximum Gasteiger partial charge on any atom is 0.240 e. The van der Waals surface area contributed by atoms with Crippen LogP contribution in [0.1, 0.15) is 25.3 Å². The van der Waals surface area contributed by atoms with Crippen LogP contribution in [0.15, 0.2) is 29.2 Å². The third-order valence-corrected chi connectivity index (χ3v) is 4.72. The Hall–Kier alpha value is -0.580. The van der Waals surface area contributed by atoms with E-state index < -0.39 is 10.0 Å². The van der Waals surface area contributed by atoms with Crippen molar-refractivity contribution in [3.63, 3.8) is 0 Å². The number of benzene rings is 1. The Kier molecular flexibility index (Phi) is 5.43. The average Bonchev–Trinajstić information content (AvgIpc) is 2.28. The molecule has 96 valence electrons. The molecule has 0 aliphatic rings. The van der Waals surface area contributed by atoms with Crippen LogP contribution in [0.25, 0.3) is 0 Å². The van der Waals surface area contributed by atoms with Crippen molar-refractivity contribution in [1.82, 2.24) is 4.72 Å². The fourth-order valence-corrected chi connectivity index (χ4v) is 2.89. The SMILES string of the molecule is CCC(Cl)CCNS(=O)(=O)c1ccccc1C. The van der Waals surface area contributed by atoms with Crippen LogP contribution in [0.3, 0.4) is 0 Å². The molecule has 0 heterocycles. The highest BCUT2D eigenvalue weighted by Crippen LogP contribution is 2.14. The fraction of sp³-hybridized carbons (Fsp3) is 0.500. The monoisotopic (exact) mass is 275 g/mol. The van der Waals surface area contributed by atoms with Crippen LogP contribution in [0.4, 0.5) is 0 Å². The summed E-state index contributed by atoms with van der Waals surface area (Å²) in [4.78, 5) is 0.336. The van der Waals surface area contributed by atoms with Gasteiger partial charge in [0.05, 0.1) is 4.90 Å². The van der Waals surface area contributed by atoms with E-state index in [0.717, 1.165) is 12.0 Å². The Balaban J connectivity index is 2.67. The van der Waals surface area contributed by atoms with Crippen LogP contribution in [0.5, 0.6) is 0 Å². The Morgan fingerprint density at radius 3 is 2.59 bits per heavy atom. The van der Waals surface area contributed by atoms with E-state index in [1.165, 1.54) is 0 Å². The van der Waals surface area contributed by atoms with E-state index in [9.17, 15) is 8.42 Å². The summed E-state index contributed by atoms with van der Waals surface area (Å²) < 4.78 is 26.5. The smallest absolute Gasteiger partial charge is 0.211 e. The third-order valence-electron chi connectivity index (χ3n) is 2.58. The molecule has 1 unspecified atom stereocenters. The van der Waals surface area contributed by atoms with Gasteiger partial charge in [-0.1, -0.05) is 25.1 Å². The van der Waals surface area contributed by atoms with Gasteiger partial charge < -0.3 is 0 Å². The first-order valence-corrected chi connectivity index (χ1v) is 7.58. The fourth-order valence-electron chi connectivity index (χ4n) is 1.49. The van der Waals surface area contributed by atoms with E-state index in [-0.39, 0.29) is 5.38 Å². The van der Waals surface area contributed by atoms with Crippen molar-refractivity contribution in [2.75, 3.05) is 6.54 Å². The van der Waals surface area contributed by atoms with Crippen molar-refractivity contribution in [3.8, 4) is 0 Å². The Bertz CT molecular complexity index is 459. The molecule has 0 saturated carbocycles. The summed E-state index contributed by atoms with van der Waals surface area (Å²) >= 11 is 5.94. The van der Waals surface area contributed by atoms with Gasteiger partial charge in [-0.15, -0.1) is 11.6 Å². The van der Waals surface area contributed by atoms with Gasteiger partial charge in [0.25, 0.3) is 0 Å². The number of aryl methyl sites for hydroxylation is 1. The summed E-state index contributed by atoms with van der Waals surface area (Å²) in [5, 5.41) is 0.0228. The van der Waals surface area contributed by atoms with Gasteiger partial charge in [0.2, 0.25) is 10.0 Å². The highest BCUT2D eigenvalue weighted by Gasteiger charge is 2.15. The average molecular weight is 276 g/mol. The minimum absolute atomic E-state index is 0.0228. The van der Waals surface area contributed by atoms with E-state index in [1.54, 1.807) is 25.1 Å². The molecule has 1 atom stereocenters. The summed E-state index contributed by atoms with van der Waals surface area (Å²) in [5.41, 5.74) is 0.748. The minimum Gasteiger partial charge on any atom is -0.211 e. The predicted molar refractivity (Wildman–Crippen MR) is 70.9 cm³/mol. The van der Waals surface area contributed by atoms with E-state index in [1.807, 2.05) is 13.0 Å². The first kappa shape index (κ1) is 14.5.